The minimum atomic E-state index is -0.196. The van der Waals surface area contributed by atoms with Crippen LogP contribution in [-0.2, 0) is 0 Å². The number of anilines is 1. The normalized spacial score (nSPS) is 15.4. The molecular weight excluding hydrogens is 302 g/mol. The van der Waals surface area contributed by atoms with E-state index in [-0.39, 0.29) is 11.9 Å². The summed E-state index contributed by atoms with van der Waals surface area (Å²) >= 11 is 0. The number of aromatic hydroxyl groups is 1. The van der Waals surface area contributed by atoms with Crippen LogP contribution in [-0.4, -0.2) is 22.0 Å². The molecule has 1 aromatic heterocycles. The predicted molar refractivity (Wildman–Crippen MR) is 93.6 cm³/mol. The molecule has 0 saturated heterocycles. The van der Waals surface area contributed by atoms with Gasteiger partial charge in [0, 0.05) is 22.9 Å². The first kappa shape index (κ1) is 14.6. The molecule has 1 atom stereocenters. The number of nitrogens with zero attached hydrogens (tertiary/aromatic N) is 2. The Morgan fingerprint density at radius 3 is 2.79 bits per heavy atom. The molecule has 0 saturated carbocycles. The number of hydrogen-bond donors (Lipinski definition) is 2. The largest absolute Gasteiger partial charge is 0.508 e. The molecule has 1 aliphatic rings. The van der Waals surface area contributed by atoms with E-state index in [2.05, 4.69) is 41.6 Å². The number of rotatable bonds is 2. The number of phenols is 1. The quantitative estimate of drug-likeness (QED) is 0.752. The second-order valence-electron chi connectivity index (χ2n) is 6.09. The highest BCUT2D eigenvalue weighted by atomic mass is 16.5. The van der Waals surface area contributed by atoms with Gasteiger partial charge in [-0.2, -0.15) is 5.10 Å². The summed E-state index contributed by atoms with van der Waals surface area (Å²) in [5, 5.41) is 18.0. The van der Waals surface area contributed by atoms with Crippen molar-refractivity contribution in [1.82, 2.24) is 9.78 Å². The Labute approximate surface area is 140 Å². The minimum Gasteiger partial charge on any atom is -0.508 e. The van der Waals surface area contributed by atoms with Gasteiger partial charge < -0.3 is 15.2 Å². The summed E-state index contributed by atoms with van der Waals surface area (Å²) in [4.78, 5) is 0. The van der Waals surface area contributed by atoms with Crippen LogP contribution in [0, 0.1) is 13.8 Å². The average Bonchev–Trinajstić information content (AvgIpc) is 2.96. The molecule has 1 aliphatic heterocycles. The van der Waals surface area contributed by atoms with E-state index in [9.17, 15) is 5.11 Å². The minimum absolute atomic E-state index is 0.180. The number of para-hydroxylation sites is 1. The molecule has 0 amide bonds. The first-order valence-electron chi connectivity index (χ1n) is 7.88. The fourth-order valence-corrected chi connectivity index (χ4v) is 3.32. The zero-order valence-corrected chi connectivity index (χ0v) is 13.9. The van der Waals surface area contributed by atoms with Crippen LogP contribution in [0.25, 0.3) is 11.3 Å². The maximum atomic E-state index is 9.75. The van der Waals surface area contributed by atoms with Gasteiger partial charge >= 0.3 is 0 Å². The SMILES string of the molecule is COc1cc(O)ccc1[C@@H]1Nc2c(C)cccc2-c2cc(C)nn21. The van der Waals surface area contributed by atoms with Crippen molar-refractivity contribution in [3.8, 4) is 22.8 Å². The maximum absolute atomic E-state index is 9.75. The van der Waals surface area contributed by atoms with E-state index in [4.69, 9.17) is 4.74 Å². The van der Waals surface area contributed by atoms with Crippen molar-refractivity contribution in [3.05, 3.63) is 59.3 Å². The number of phenolic OH excluding ortho intramolecular Hbond substituents is 1. The van der Waals surface area contributed by atoms with Gasteiger partial charge in [-0.15, -0.1) is 0 Å². The average molecular weight is 321 g/mol. The molecule has 5 heteroatoms. The lowest BCUT2D eigenvalue weighted by atomic mass is 10.00. The third-order valence-corrected chi connectivity index (χ3v) is 4.44. The van der Waals surface area contributed by atoms with E-state index in [1.54, 1.807) is 19.2 Å². The van der Waals surface area contributed by atoms with Crippen LogP contribution in [0.5, 0.6) is 11.5 Å². The Morgan fingerprint density at radius 1 is 1.17 bits per heavy atom. The van der Waals surface area contributed by atoms with Crippen molar-refractivity contribution in [2.75, 3.05) is 12.4 Å². The van der Waals surface area contributed by atoms with Gasteiger partial charge in [0.1, 0.15) is 11.5 Å². The van der Waals surface area contributed by atoms with Gasteiger partial charge in [0.2, 0.25) is 0 Å². The molecule has 24 heavy (non-hydrogen) atoms. The van der Waals surface area contributed by atoms with Crippen LogP contribution < -0.4 is 10.1 Å². The Hall–Kier alpha value is -2.95. The first-order valence-corrected chi connectivity index (χ1v) is 7.88. The third kappa shape index (κ3) is 2.12. The first-order chi connectivity index (χ1) is 11.6. The molecule has 4 rings (SSSR count). The topological polar surface area (TPSA) is 59.3 Å². The number of nitrogens with one attached hydrogen (secondary N) is 1. The summed E-state index contributed by atoms with van der Waals surface area (Å²) in [6.45, 7) is 4.09. The maximum Gasteiger partial charge on any atom is 0.150 e. The Bertz CT molecular complexity index is 930. The number of aromatic nitrogens is 2. The van der Waals surface area contributed by atoms with Crippen molar-refractivity contribution in [3.63, 3.8) is 0 Å². The van der Waals surface area contributed by atoms with Crippen LogP contribution in [0.3, 0.4) is 0 Å². The predicted octanol–water partition coefficient (Wildman–Crippen LogP) is 3.85. The van der Waals surface area contributed by atoms with Gasteiger partial charge in [-0.05, 0) is 37.6 Å². The van der Waals surface area contributed by atoms with Crippen molar-refractivity contribution < 1.29 is 9.84 Å². The molecule has 3 aromatic rings. The van der Waals surface area contributed by atoms with Crippen LogP contribution in [0.4, 0.5) is 5.69 Å². The zero-order chi connectivity index (χ0) is 16.8. The van der Waals surface area contributed by atoms with Gasteiger partial charge in [-0.1, -0.05) is 18.2 Å². The molecule has 5 nitrogen and oxygen atoms in total. The lowest BCUT2D eigenvalue weighted by Gasteiger charge is -2.31. The third-order valence-electron chi connectivity index (χ3n) is 4.44. The van der Waals surface area contributed by atoms with Crippen LogP contribution in [0.1, 0.15) is 23.0 Å². The summed E-state index contributed by atoms with van der Waals surface area (Å²) in [5.74, 6) is 0.809. The molecule has 0 fully saturated rings. The molecular formula is C19H19N3O2. The van der Waals surface area contributed by atoms with Gasteiger partial charge in [-0.3, -0.25) is 0 Å². The van der Waals surface area contributed by atoms with Gasteiger partial charge in [0.15, 0.2) is 6.17 Å². The highest BCUT2D eigenvalue weighted by Crippen LogP contribution is 2.42. The summed E-state index contributed by atoms with van der Waals surface area (Å²) < 4.78 is 7.46. The Balaban J connectivity index is 1.94. The number of methoxy groups -OCH3 is 1. The van der Waals surface area contributed by atoms with Crippen molar-refractivity contribution >= 4 is 5.69 Å². The van der Waals surface area contributed by atoms with Crippen molar-refractivity contribution in [2.45, 2.75) is 20.0 Å². The molecule has 2 heterocycles. The molecule has 2 N–H and O–H groups in total. The van der Waals surface area contributed by atoms with Gasteiger partial charge in [-0.25, -0.2) is 4.68 Å². The fourth-order valence-electron chi connectivity index (χ4n) is 3.32. The van der Waals surface area contributed by atoms with Gasteiger partial charge in [0.25, 0.3) is 0 Å². The number of aryl methyl sites for hydroxylation is 2. The van der Waals surface area contributed by atoms with E-state index in [1.165, 1.54) is 5.56 Å². The second kappa shape index (κ2) is 5.30. The Morgan fingerprint density at radius 2 is 2.00 bits per heavy atom. The van der Waals surface area contributed by atoms with Crippen molar-refractivity contribution in [1.29, 1.82) is 0 Å². The molecule has 0 spiro atoms. The lowest BCUT2D eigenvalue weighted by molar-refractivity contribution is 0.395. The lowest BCUT2D eigenvalue weighted by Crippen LogP contribution is -2.26. The zero-order valence-electron chi connectivity index (χ0n) is 13.9. The van der Waals surface area contributed by atoms with E-state index in [1.807, 2.05) is 17.7 Å². The van der Waals surface area contributed by atoms with E-state index < -0.39 is 0 Å². The molecule has 0 bridgehead atoms. The van der Waals surface area contributed by atoms with Crippen LogP contribution >= 0.6 is 0 Å². The standard InChI is InChI=1S/C19H19N3O2/c1-11-5-4-6-14-16-9-12(2)21-22(16)19(20-18(11)14)15-8-7-13(23)10-17(15)24-3/h4-10,19-20,23H,1-3H3/t19-/m1/s1. The fraction of sp³-hybridized carbons (Fsp3) is 0.211. The number of fused-ring (bicyclic) bond motifs is 3. The number of ether oxygens (including phenoxy) is 1. The van der Waals surface area contributed by atoms with E-state index >= 15 is 0 Å². The second-order valence-corrected chi connectivity index (χ2v) is 6.09. The summed E-state index contributed by atoms with van der Waals surface area (Å²) in [5.41, 5.74) is 6.39. The molecule has 2 aromatic carbocycles. The van der Waals surface area contributed by atoms with Crippen LogP contribution in [0.15, 0.2) is 42.5 Å². The molecule has 122 valence electrons. The molecule has 0 aliphatic carbocycles. The summed E-state index contributed by atoms with van der Waals surface area (Å²) in [6, 6.07) is 13.5. The number of hydrogen-bond acceptors (Lipinski definition) is 4. The molecule has 0 radical (unpaired) electrons. The monoisotopic (exact) mass is 321 g/mol. The summed E-state index contributed by atoms with van der Waals surface area (Å²) in [7, 11) is 1.61. The highest BCUT2D eigenvalue weighted by Gasteiger charge is 2.29. The Kier molecular flexibility index (Phi) is 3.23. The number of benzene rings is 2. The van der Waals surface area contributed by atoms with E-state index in [0.717, 1.165) is 28.2 Å². The molecule has 0 unspecified atom stereocenters. The summed E-state index contributed by atoms with van der Waals surface area (Å²) in [6.07, 6.45) is -0.196. The van der Waals surface area contributed by atoms with E-state index in [0.29, 0.717) is 5.75 Å². The van der Waals surface area contributed by atoms with Crippen molar-refractivity contribution in [2.24, 2.45) is 0 Å². The highest BCUT2D eigenvalue weighted by molar-refractivity contribution is 5.81. The van der Waals surface area contributed by atoms with Crippen LogP contribution in [0.2, 0.25) is 0 Å². The van der Waals surface area contributed by atoms with Gasteiger partial charge in [0.05, 0.1) is 18.5 Å². The smallest absolute Gasteiger partial charge is 0.150 e.